The zero-order valence-corrected chi connectivity index (χ0v) is 21.2. The molecule has 0 bridgehead atoms. The van der Waals surface area contributed by atoms with Gasteiger partial charge in [-0.2, -0.15) is 4.31 Å². The SMILES string of the molecule is O=S(=O)(c1ccc(N=c2scc(-c3ccco3)n2CCc2ccc(Cl)cc2)cc1)N1CCOCC1. The molecular formula is C25H24ClN3O4S2. The van der Waals surface area contributed by atoms with Gasteiger partial charge < -0.3 is 13.7 Å². The second-order valence-electron chi connectivity index (χ2n) is 8.03. The lowest BCUT2D eigenvalue weighted by molar-refractivity contribution is 0.0730. The van der Waals surface area contributed by atoms with E-state index in [9.17, 15) is 8.42 Å². The highest BCUT2D eigenvalue weighted by Crippen LogP contribution is 2.24. The van der Waals surface area contributed by atoms with Crippen molar-refractivity contribution in [2.45, 2.75) is 17.9 Å². The van der Waals surface area contributed by atoms with Crippen molar-refractivity contribution >= 4 is 38.6 Å². The van der Waals surface area contributed by atoms with Gasteiger partial charge in [0.05, 0.1) is 35.8 Å². The molecule has 1 aliphatic heterocycles. The van der Waals surface area contributed by atoms with Gasteiger partial charge in [0.2, 0.25) is 10.0 Å². The van der Waals surface area contributed by atoms with Crippen molar-refractivity contribution < 1.29 is 17.6 Å². The smallest absolute Gasteiger partial charge is 0.243 e. The summed E-state index contributed by atoms with van der Waals surface area (Å²) >= 11 is 7.54. The fourth-order valence-electron chi connectivity index (χ4n) is 3.89. The molecule has 2 aromatic carbocycles. The molecular weight excluding hydrogens is 506 g/mol. The van der Waals surface area contributed by atoms with Crippen LogP contribution in [-0.4, -0.2) is 43.6 Å². The van der Waals surface area contributed by atoms with Crippen molar-refractivity contribution in [1.82, 2.24) is 8.87 Å². The minimum absolute atomic E-state index is 0.261. The summed E-state index contributed by atoms with van der Waals surface area (Å²) in [5.74, 6) is 0.769. The van der Waals surface area contributed by atoms with Gasteiger partial charge in [-0.05, 0) is 60.5 Å². The van der Waals surface area contributed by atoms with Gasteiger partial charge in [-0.25, -0.2) is 13.4 Å². The summed E-state index contributed by atoms with van der Waals surface area (Å²) in [5.41, 5.74) is 2.79. The van der Waals surface area contributed by atoms with E-state index in [0.717, 1.165) is 22.7 Å². The number of aromatic nitrogens is 1. The first-order chi connectivity index (χ1) is 17.0. The summed E-state index contributed by atoms with van der Waals surface area (Å²) in [4.78, 5) is 5.88. The van der Waals surface area contributed by atoms with Crippen LogP contribution in [0.1, 0.15) is 5.56 Å². The van der Waals surface area contributed by atoms with Crippen molar-refractivity contribution in [1.29, 1.82) is 0 Å². The molecule has 0 radical (unpaired) electrons. The number of rotatable bonds is 7. The quantitative estimate of drug-likeness (QED) is 0.339. The second-order valence-corrected chi connectivity index (χ2v) is 11.2. The minimum Gasteiger partial charge on any atom is -0.463 e. The van der Waals surface area contributed by atoms with Crippen molar-refractivity contribution in [3.63, 3.8) is 0 Å². The lowest BCUT2D eigenvalue weighted by atomic mass is 10.1. The van der Waals surface area contributed by atoms with Crippen LogP contribution in [0.15, 0.2) is 86.6 Å². The van der Waals surface area contributed by atoms with Gasteiger partial charge in [0.1, 0.15) is 0 Å². The topological polar surface area (TPSA) is 77.0 Å². The Morgan fingerprint density at radius 1 is 1.00 bits per heavy atom. The Morgan fingerprint density at radius 3 is 2.43 bits per heavy atom. The number of morpholine rings is 1. The maximum atomic E-state index is 12.9. The zero-order valence-electron chi connectivity index (χ0n) is 18.8. The molecule has 5 rings (SSSR count). The van der Waals surface area contributed by atoms with Gasteiger partial charge in [0.15, 0.2) is 10.6 Å². The number of hydrogen-bond donors (Lipinski definition) is 0. The number of furan rings is 1. The molecule has 10 heteroatoms. The highest BCUT2D eigenvalue weighted by atomic mass is 35.5. The van der Waals surface area contributed by atoms with E-state index in [2.05, 4.69) is 4.57 Å². The molecule has 35 heavy (non-hydrogen) atoms. The first-order valence-electron chi connectivity index (χ1n) is 11.2. The molecule has 2 aromatic heterocycles. The van der Waals surface area contributed by atoms with E-state index in [1.54, 1.807) is 30.5 Å². The maximum absolute atomic E-state index is 12.9. The first-order valence-corrected chi connectivity index (χ1v) is 13.9. The summed E-state index contributed by atoms with van der Waals surface area (Å²) in [7, 11) is -3.54. The van der Waals surface area contributed by atoms with Gasteiger partial charge >= 0.3 is 0 Å². The standard InChI is InChI=1S/C25H24ClN3O4S2/c26-20-5-3-19(4-6-20)11-12-29-23(24-2-1-15-33-24)18-34-25(29)27-21-7-9-22(10-8-21)35(30,31)28-13-16-32-17-14-28/h1-10,15,18H,11-14,16-17H2. The molecule has 1 aliphatic rings. The van der Waals surface area contributed by atoms with Crippen LogP contribution in [0.2, 0.25) is 5.02 Å². The van der Waals surface area contributed by atoms with Gasteiger partial charge in [-0.1, -0.05) is 23.7 Å². The molecule has 7 nitrogen and oxygen atoms in total. The number of sulfonamides is 1. The Kier molecular flexibility index (Phi) is 7.22. The van der Waals surface area contributed by atoms with Gasteiger partial charge in [0.25, 0.3) is 0 Å². The molecule has 0 spiro atoms. The fraction of sp³-hybridized carbons (Fsp3) is 0.240. The minimum atomic E-state index is -3.54. The van der Waals surface area contributed by atoms with Crippen LogP contribution >= 0.6 is 22.9 Å². The predicted molar refractivity (Wildman–Crippen MR) is 136 cm³/mol. The largest absolute Gasteiger partial charge is 0.463 e. The summed E-state index contributed by atoms with van der Waals surface area (Å²) < 4.78 is 40.3. The normalized spacial score (nSPS) is 15.5. The lowest BCUT2D eigenvalue weighted by Gasteiger charge is -2.26. The third-order valence-corrected chi connectivity index (χ3v) is 8.81. The van der Waals surface area contributed by atoms with Crippen LogP contribution in [0.4, 0.5) is 5.69 Å². The summed E-state index contributed by atoms with van der Waals surface area (Å²) in [6.07, 6.45) is 2.45. The Balaban J connectivity index is 1.44. The number of halogens is 1. The monoisotopic (exact) mass is 529 g/mol. The number of ether oxygens (including phenoxy) is 1. The van der Waals surface area contributed by atoms with E-state index < -0.39 is 10.0 Å². The highest BCUT2D eigenvalue weighted by Gasteiger charge is 2.26. The zero-order chi connectivity index (χ0) is 24.3. The Morgan fingerprint density at radius 2 is 1.74 bits per heavy atom. The summed E-state index contributed by atoms with van der Waals surface area (Å²) in [6.45, 7) is 2.27. The molecule has 0 unspecified atom stereocenters. The predicted octanol–water partition coefficient (Wildman–Crippen LogP) is 4.96. The fourth-order valence-corrected chi connectivity index (χ4v) is 6.36. The van der Waals surface area contributed by atoms with Gasteiger partial charge in [-0.15, -0.1) is 11.3 Å². The molecule has 1 saturated heterocycles. The molecule has 0 saturated carbocycles. The highest BCUT2D eigenvalue weighted by molar-refractivity contribution is 7.89. The van der Waals surface area contributed by atoms with Crippen LogP contribution in [0.25, 0.3) is 11.5 Å². The maximum Gasteiger partial charge on any atom is 0.243 e. The number of nitrogens with zero attached hydrogens (tertiary/aromatic N) is 3. The van der Waals surface area contributed by atoms with Crippen LogP contribution in [0.3, 0.4) is 0 Å². The molecule has 0 amide bonds. The average molecular weight is 530 g/mol. The Hall–Kier alpha value is -2.69. The molecule has 4 aromatic rings. The number of thiazole rings is 1. The Labute approximate surface area is 212 Å². The summed E-state index contributed by atoms with van der Waals surface area (Å²) in [6, 6.07) is 18.3. The molecule has 3 heterocycles. The van der Waals surface area contributed by atoms with Gasteiger partial charge in [0, 0.05) is 30.0 Å². The number of aryl methyl sites for hydroxylation is 1. The van der Waals surface area contributed by atoms with E-state index >= 15 is 0 Å². The first kappa shape index (κ1) is 24.0. The van der Waals surface area contributed by atoms with E-state index in [1.807, 2.05) is 41.8 Å². The third-order valence-electron chi connectivity index (χ3n) is 5.78. The molecule has 0 atom stereocenters. The Bertz CT molecular complexity index is 1440. The molecule has 182 valence electrons. The molecule has 0 N–H and O–H groups in total. The second kappa shape index (κ2) is 10.5. The van der Waals surface area contributed by atoms with Gasteiger partial charge in [-0.3, -0.25) is 0 Å². The van der Waals surface area contributed by atoms with Crippen LogP contribution in [0.5, 0.6) is 0 Å². The molecule has 0 aliphatic carbocycles. The van der Waals surface area contributed by atoms with Crippen LogP contribution < -0.4 is 4.80 Å². The average Bonchev–Trinajstić information content (AvgIpc) is 3.55. The van der Waals surface area contributed by atoms with Crippen molar-refractivity contribution in [3.05, 3.63) is 87.7 Å². The van der Waals surface area contributed by atoms with Crippen molar-refractivity contribution in [2.24, 2.45) is 4.99 Å². The lowest BCUT2D eigenvalue weighted by Crippen LogP contribution is -2.40. The van der Waals surface area contributed by atoms with E-state index in [-0.39, 0.29) is 4.90 Å². The van der Waals surface area contributed by atoms with Crippen molar-refractivity contribution in [3.8, 4) is 11.5 Å². The van der Waals surface area contributed by atoms with Crippen molar-refractivity contribution in [2.75, 3.05) is 26.3 Å². The molecule has 1 fully saturated rings. The van der Waals surface area contributed by atoms with Crippen LogP contribution in [0, 0.1) is 0 Å². The third kappa shape index (κ3) is 5.44. The van der Waals surface area contributed by atoms with E-state index in [4.69, 9.17) is 25.7 Å². The van der Waals surface area contributed by atoms with Crippen LogP contribution in [-0.2, 0) is 27.7 Å². The van der Waals surface area contributed by atoms with E-state index in [0.29, 0.717) is 43.6 Å². The number of hydrogen-bond acceptors (Lipinski definition) is 6. The number of benzene rings is 2. The summed E-state index contributed by atoms with van der Waals surface area (Å²) in [5, 5.41) is 2.74. The van der Waals surface area contributed by atoms with E-state index in [1.165, 1.54) is 21.2 Å².